The molecule has 0 bridgehead atoms. The second-order valence-corrected chi connectivity index (χ2v) is 7.30. The highest BCUT2D eigenvalue weighted by Gasteiger charge is 2.19. The zero-order chi connectivity index (χ0) is 20.4. The maximum absolute atomic E-state index is 13.2. The Morgan fingerprint density at radius 3 is 2.34 bits per heavy atom. The highest BCUT2D eigenvalue weighted by molar-refractivity contribution is 6.06. The van der Waals surface area contributed by atoms with Gasteiger partial charge in [0.1, 0.15) is 5.82 Å². The Morgan fingerprint density at radius 1 is 1.00 bits per heavy atom. The van der Waals surface area contributed by atoms with E-state index in [0.717, 1.165) is 36.3 Å². The second kappa shape index (κ2) is 7.93. The largest absolute Gasteiger partial charge is 0.397 e. The smallest absolute Gasteiger partial charge is 0.255 e. The van der Waals surface area contributed by atoms with Gasteiger partial charge in [-0.05, 0) is 66.1 Å². The molecule has 5 N–H and O–H groups in total. The van der Waals surface area contributed by atoms with Crippen LogP contribution in [0.1, 0.15) is 16.8 Å². The molecule has 0 saturated carbocycles. The van der Waals surface area contributed by atoms with Crippen molar-refractivity contribution in [3.8, 4) is 11.1 Å². The van der Waals surface area contributed by atoms with Gasteiger partial charge in [-0.3, -0.25) is 4.79 Å². The van der Waals surface area contributed by atoms with Gasteiger partial charge in [0.05, 0.1) is 11.4 Å². The van der Waals surface area contributed by atoms with Crippen molar-refractivity contribution in [3.63, 3.8) is 0 Å². The molecule has 0 aliphatic carbocycles. The topological polar surface area (TPSA) is 84.4 Å². The third-order valence-electron chi connectivity index (χ3n) is 5.20. The van der Waals surface area contributed by atoms with Crippen LogP contribution < -0.4 is 21.7 Å². The number of benzene rings is 3. The molecule has 4 rings (SSSR count). The Balaban J connectivity index is 1.50. The molecular formula is C23H23FN4O. The Kier molecular flexibility index (Phi) is 5.18. The molecule has 1 aliphatic heterocycles. The number of hydrogen-bond donors (Lipinski definition) is 3. The molecular weight excluding hydrogens is 367 g/mol. The molecule has 0 radical (unpaired) electrons. The van der Waals surface area contributed by atoms with E-state index in [1.807, 2.05) is 18.2 Å². The second-order valence-electron chi connectivity index (χ2n) is 7.30. The number of hydrogen-bond acceptors (Lipinski definition) is 4. The zero-order valence-electron chi connectivity index (χ0n) is 15.9. The zero-order valence-corrected chi connectivity index (χ0v) is 15.9. The number of nitrogens with two attached hydrogens (primary N) is 2. The Hall–Kier alpha value is -3.38. The predicted octanol–water partition coefficient (Wildman–Crippen LogP) is 3.86. The van der Waals surface area contributed by atoms with Gasteiger partial charge in [-0.15, -0.1) is 0 Å². The summed E-state index contributed by atoms with van der Waals surface area (Å²) >= 11 is 0. The van der Waals surface area contributed by atoms with E-state index in [4.69, 9.17) is 11.5 Å². The van der Waals surface area contributed by atoms with Gasteiger partial charge >= 0.3 is 0 Å². The lowest BCUT2D eigenvalue weighted by atomic mass is 10.0. The Bertz CT molecular complexity index is 1020. The fourth-order valence-corrected chi connectivity index (χ4v) is 3.53. The number of nitrogens with zero attached hydrogens (tertiary/aromatic N) is 1. The first-order valence-corrected chi connectivity index (χ1v) is 9.57. The molecule has 29 heavy (non-hydrogen) atoms. The summed E-state index contributed by atoms with van der Waals surface area (Å²) in [5, 5.41) is 2.87. The minimum absolute atomic E-state index is 0.203. The van der Waals surface area contributed by atoms with Crippen LogP contribution >= 0.6 is 0 Å². The van der Waals surface area contributed by atoms with Crippen LogP contribution in [-0.4, -0.2) is 25.0 Å². The van der Waals surface area contributed by atoms with Crippen LogP contribution in [0.15, 0.2) is 66.7 Å². The summed E-state index contributed by atoms with van der Waals surface area (Å²) in [6, 6.07) is 19.2. The number of anilines is 3. The molecule has 1 atom stereocenters. The average molecular weight is 390 g/mol. The van der Waals surface area contributed by atoms with Crippen LogP contribution in [-0.2, 0) is 0 Å². The van der Waals surface area contributed by atoms with Gasteiger partial charge in [0.15, 0.2) is 0 Å². The summed E-state index contributed by atoms with van der Waals surface area (Å²) in [5.41, 5.74) is 16.3. The van der Waals surface area contributed by atoms with Crippen LogP contribution in [0.2, 0.25) is 0 Å². The molecule has 1 heterocycles. The first kappa shape index (κ1) is 19.0. The van der Waals surface area contributed by atoms with Crippen LogP contribution in [0, 0.1) is 5.82 Å². The lowest BCUT2D eigenvalue weighted by Crippen LogP contribution is -2.26. The fraction of sp³-hybridized carbons (Fsp3) is 0.174. The number of carbonyl (C=O) groups excluding carboxylic acids is 1. The monoisotopic (exact) mass is 390 g/mol. The van der Waals surface area contributed by atoms with E-state index in [9.17, 15) is 9.18 Å². The predicted molar refractivity (Wildman–Crippen MR) is 115 cm³/mol. The van der Waals surface area contributed by atoms with E-state index >= 15 is 0 Å². The van der Waals surface area contributed by atoms with Gasteiger partial charge in [0.25, 0.3) is 5.91 Å². The van der Waals surface area contributed by atoms with Gasteiger partial charge in [0.2, 0.25) is 0 Å². The molecule has 5 nitrogen and oxygen atoms in total. The number of nitrogens with one attached hydrogen (secondary N) is 1. The third-order valence-corrected chi connectivity index (χ3v) is 5.20. The molecule has 1 fully saturated rings. The molecule has 148 valence electrons. The first-order chi connectivity index (χ1) is 14.0. The highest BCUT2D eigenvalue weighted by Crippen LogP contribution is 2.28. The van der Waals surface area contributed by atoms with Crippen molar-refractivity contribution in [2.45, 2.75) is 12.5 Å². The molecule has 1 amide bonds. The average Bonchev–Trinajstić information content (AvgIpc) is 3.17. The summed E-state index contributed by atoms with van der Waals surface area (Å²) in [5.74, 6) is -0.533. The van der Waals surface area contributed by atoms with Crippen LogP contribution in [0.25, 0.3) is 11.1 Å². The summed E-state index contributed by atoms with van der Waals surface area (Å²) in [4.78, 5) is 14.9. The molecule has 3 aromatic rings. The Labute approximate surface area is 169 Å². The van der Waals surface area contributed by atoms with Crippen molar-refractivity contribution in [3.05, 3.63) is 78.1 Å². The van der Waals surface area contributed by atoms with Gasteiger partial charge in [-0.1, -0.05) is 18.2 Å². The summed E-state index contributed by atoms with van der Waals surface area (Å²) < 4.78 is 13.2. The van der Waals surface area contributed by atoms with Crippen LogP contribution in [0.4, 0.5) is 21.5 Å². The van der Waals surface area contributed by atoms with Gasteiger partial charge < -0.3 is 21.7 Å². The highest BCUT2D eigenvalue weighted by atomic mass is 19.1. The summed E-state index contributed by atoms with van der Waals surface area (Å²) in [6.45, 7) is 1.76. The van der Waals surface area contributed by atoms with Crippen LogP contribution in [0.3, 0.4) is 0 Å². The third kappa shape index (κ3) is 4.22. The number of rotatable bonds is 4. The van der Waals surface area contributed by atoms with E-state index in [2.05, 4.69) is 10.2 Å². The molecule has 1 aliphatic rings. The van der Waals surface area contributed by atoms with Crippen molar-refractivity contribution < 1.29 is 9.18 Å². The van der Waals surface area contributed by atoms with Gasteiger partial charge in [0, 0.05) is 30.4 Å². The molecule has 1 saturated heterocycles. The molecule has 0 unspecified atom stereocenters. The normalized spacial score (nSPS) is 16.1. The quantitative estimate of drug-likeness (QED) is 0.591. The van der Waals surface area contributed by atoms with Gasteiger partial charge in [-0.25, -0.2) is 4.39 Å². The van der Waals surface area contributed by atoms with E-state index in [-0.39, 0.29) is 17.8 Å². The maximum Gasteiger partial charge on any atom is 0.255 e. The number of halogens is 1. The first-order valence-electron chi connectivity index (χ1n) is 9.57. The number of amides is 1. The van der Waals surface area contributed by atoms with Crippen molar-refractivity contribution in [1.82, 2.24) is 0 Å². The van der Waals surface area contributed by atoms with Crippen molar-refractivity contribution in [1.29, 1.82) is 0 Å². The summed E-state index contributed by atoms with van der Waals surface area (Å²) in [6.07, 6.45) is 0.978. The molecule has 0 spiro atoms. The fourth-order valence-electron chi connectivity index (χ4n) is 3.53. The van der Waals surface area contributed by atoms with Crippen LogP contribution in [0.5, 0.6) is 0 Å². The lowest BCUT2D eigenvalue weighted by molar-refractivity contribution is 0.102. The minimum atomic E-state index is -0.294. The molecule has 3 aromatic carbocycles. The maximum atomic E-state index is 13.2. The van der Waals surface area contributed by atoms with E-state index < -0.39 is 0 Å². The van der Waals surface area contributed by atoms with Crippen molar-refractivity contribution >= 4 is 23.0 Å². The van der Waals surface area contributed by atoms with E-state index in [1.165, 1.54) is 12.1 Å². The SMILES string of the molecule is Nc1ccc(-c2ccc(F)cc2)cc1NC(=O)c1ccc(N2CC[C@@H](N)C2)cc1. The number of nitrogen functional groups attached to an aromatic ring is 1. The molecule has 6 heteroatoms. The number of carbonyl (C=O) groups is 1. The summed E-state index contributed by atoms with van der Waals surface area (Å²) in [7, 11) is 0. The lowest BCUT2D eigenvalue weighted by Gasteiger charge is -2.18. The van der Waals surface area contributed by atoms with E-state index in [0.29, 0.717) is 16.9 Å². The van der Waals surface area contributed by atoms with Crippen molar-refractivity contribution in [2.24, 2.45) is 5.73 Å². The van der Waals surface area contributed by atoms with Crippen molar-refractivity contribution in [2.75, 3.05) is 29.0 Å². The molecule has 0 aromatic heterocycles. The van der Waals surface area contributed by atoms with Gasteiger partial charge in [-0.2, -0.15) is 0 Å². The minimum Gasteiger partial charge on any atom is -0.397 e. The standard InChI is InChI=1S/C23H23FN4O/c24-18-6-1-15(2-7-18)17-5-10-21(26)22(13-17)27-23(29)16-3-8-20(9-4-16)28-12-11-19(25)14-28/h1-10,13,19H,11-12,14,25-26H2,(H,27,29)/t19-/m1/s1. The Morgan fingerprint density at radius 2 is 1.69 bits per heavy atom. The van der Waals surface area contributed by atoms with E-state index in [1.54, 1.807) is 36.4 Å².